The number of anilines is 1. The van der Waals surface area contributed by atoms with Crippen LogP contribution in [0.3, 0.4) is 0 Å². The topological polar surface area (TPSA) is 96.0 Å². The summed E-state index contributed by atoms with van der Waals surface area (Å²) in [7, 11) is -2.75. The van der Waals surface area contributed by atoms with Crippen LogP contribution in [0.4, 0.5) is 5.69 Å². The van der Waals surface area contributed by atoms with Crippen LogP contribution < -0.4 is 14.4 Å². The zero-order valence-electron chi connectivity index (χ0n) is 25.0. The predicted octanol–water partition coefficient (Wildman–Crippen LogP) is 6.36. The summed E-state index contributed by atoms with van der Waals surface area (Å²) in [5, 5.41) is 3.55. The van der Waals surface area contributed by atoms with Crippen molar-refractivity contribution < 1.29 is 22.7 Å². The quantitative estimate of drug-likeness (QED) is 0.169. The van der Waals surface area contributed by atoms with E-state index in [-0.39, 0.29) is 29.5 Å². The second kappa shape index (κ2) is 15.8. The molecule has 8 nitrogen and oxygen atoms in total. The van der Waals surface area contributed by atoms with Gasteiger partial charge in [-0.15, -0.1) is 0 Å². The van der Waals surface area contributed by atoms with Gasteiger partial charge >= 0.3 is 0 Å². The smallest absolute Gasteiger partial charge is 0.264 e. The van der Waals surface area contributed by atoms with E-state index in [1.807, 2.05) is 37.3 Å². The molecule has 0 aliphatic carbocycles. The molecule has 0 aliphatic rings. The van der Waals surface area contributed by atoms with Crippen LogP contribution in [-0.4, -0.2) is 51.4 Å². The standard InChI is InChI=1S/C34H35Cl2N3O5S/c1-3-21-37-34(41)32(22-25-11-6-4-7-12-25)38(23-29-30(35)15-10-16-31(29)36)33(40)24-39(26-13-8-5-9-14-26)45(42,43)28-19-17-27(44-2)18-20-28/h4-20,32H,3,21-24H2,1-2H3,(H,37,41)/t32-/m1/s1. The van der Waals surface area contributed by atoms with E-state index < -0.39 is 28.5 Å². The van der Waals surface area contributed by atoms with Gasteiger partial charge in [0, 0.05) is 35.1 Å². The Kier molecular flexibility index (Phi) is 11.9. The lowest BCUT2D eigenvalue weighted by Crippen LogP contribution is -2.53. The van der Waals surface area contributed by atoms with Crippen LogP contribution in [0.1, 0.15) is 24.5 Å². The van der Waals surface area contributed by atoms with Gasteiger partial charge in [0.2, 0.25) is 11.8 Å². The number of benzene rings is 4. The van der Waals surface area contributed by atoms with Gasteiger partial charge in [0.05, 0.1) is 17.7 Å². The Labute approximate surface area is 274 Å². The van der Waals surface area contributed by atoms with Gasteiger partial charge in [0.25, 0.3) is 10.0 Å². The van der Waals surface area contributed by atoms with Crippen LogP contribution in [0.15, 0.2) is 108 Å². The van der Waals surface area contributed by atoms with Crippen molar-refractivity contribution >= 4 is 50.7 Å². The molecule has 4 aromatic rings. The number of nitrogens with one attached hydrogen (secondary N) is 1. The van der Waals surface area contributed by atoms with E-state index in [4.69, 9.17) is 27.9 Å². The first kappa shape index (κ1) is 33.8. The van der Waals surface area contributed by atoms with E-state index in [0.717, 1.165) is 9.87 Å². The fourth-order valence-corrected chi connectivity index (χ4v) is 6.70. The van der Waals surface area contributed by atoms with Crippen molar-refractivity contribution in [2.24, 2.45) is 0 Å². The number of para-hydroxylation sites is 1. The molecule has 2 amide bonds. The highest BCUT2D eigenvalue weighted by atomic mass is 35.5. The zero-order chi connectivity index (χ0) is 32.4. The maximum Gasteiger partial charge on any atom is 0.264 e. The minimum atomic E-state index is -4.24. The van der Waals surface area contributed by atoms with Gasteiger partial charge in [0.15, 0.2) is 0 Å². The summed E-state index contributed by atoms with van der Waals surface area (Å²) in [6, 6.07) is 27.6. The van der Waals surface area contributed by atoms with Crippen molar-refractivity contribution in [3.05, 3.63) is 124 Å². The molecule has 0 saturated heterocycles. The van der Waals surface area contributed by atoms with Gasteiger partial charge in [0.1, 0.15) is 18.3 Å². The molecule has 0 aliphatic heterocycles. The number of hydrogen-bond acceptors (Lipinski definition) is 5. The van der Waals surface area contributed by atoms with Gasteiger partial charge in [-0.2, -0.15) is 0 Å². The molecular weight excluding hydrogens is 633 g/mol. The van der Waals surface area contributed by atoms with E-state index >= 15 is 0 Å². The Bertz CT molecular complexity index is 1670. The molecule has 4 rings (SSSR count). The highest BCUT2D eigenvalue weighted by Crippen LogP contribution is 2.29. The first-order valence-corrected chi connectivity index (χ1v) is 16.6. The molecule has 0 unspecified atom stereocenters. The Balaban J connectivity index is 1.81. The monoisotopic (exact) mass is 667 g/mol. The Morgan fingerprint density at radius 3 is 2.02 bits per heavy atom. The normalized spacial score (nSPS) is 11.8. The van der Waals surface area contributed by atoms with Crippen LogP contribution >= 0.6 is 23.2 Å². The maximum absolute atomic E-state index is 14.5. The fourth-order valence-electron chi connectivity index (χ4n) is 4.77. The van der Waals surface area contributed by atoms with Gasteiger partial charge in [-0.25, -0.2) is 8.42 Å². The second-order valence-electron chi connectivity index (χ2n) is 10.2. The van der Waals surface area contributed by atoms with Crippen molar-refractivity contribution in [1.82, 2.24) is 10.2 Å². The fraction of sp³-hybridized carbons (Fsp3) is 0.235. The predicted molar refractivity (Wildman–Crippen MR) is 178 cm³/mol. The third-order valence-corrected chi connectivity index (χ3v) is 9.68. The number of rotatable bonds is 14. The van der Waals surface area contributed by atoms with E-state index in [0.29, 0.717) is 34.3 Å². The first-order chi connectivity index (χ1) is 21.6. The summed E-state index contributed by atoms with van der Waals surface area (Å²) in [5.74, 6) is -0.498. The maximum atomic E-state index is 14.5. The molecule has 0 aromatic heterocycles. The highest BCUT2D eigenvalue weighted by molar-refractivity contribution is 7.92. The number of halogens is 2. The summed E-state index contributed by atoms with van der Waals surface area (Å²) >= 11 is 13.1. The van der Waals surface area contributed by atoms with Crippen molar-refractivity contribution in [2.45, 2.75) is 37.2 Å². The van der Waals surface area contributed by atoms with Crippen LogP contribution in [0, 0.1) is 0 Å². The van der Waals surface area contributed by atoms with Crippen LogP contribution in [0.25, 0.3) is 0 Å². The summed E-state index contributed by atoms with van der Waals surface area (Å²) in [4.78, 5) is 29.5. The molecule has 0 radical (unpaired) electrons. The van der Waals surface area contributed by atoms with Gasteiger partial charge < -0.3 is 15.0 Å². The van der Waals surface area contributed by atoms with Crippen molar-refractivity contribution in [3.63, 3.8) is 0 Å². The zero-order valence-corrected chi connectivity index (χ0v) is 27.4. The SMILES string of the molecule is CCCNC(=O)[C@@H](Cc1ccccc1)N(Cc1c(Cl)cccc1Cl)C(=O)CN(c1ccccc1)S(=O)(=O)c1ccc(OC)cc1. The number of nitrogens with zero attached hydrogens (tertiary/aromatic N) is 2. The van der Waals surface area contributed by atoms with Crippen molar-refractivity contribution in [3.8, 4) is 5.75 Å². The number of amides is 2. The molecule has 11 heteroatoms. The summed E-state index contributed by atoms with van der Waals surface area (Å²) in [5.41, 5.74) is 1.55. The van der Waals surface area contributed by atoms with Crippen molar-refractivity contribution in [2.75, 3.05) is 24.5 Å². The number of ether oxygens (including phenoxy) is 1. The van der Waals surface area contributed by atoms with Gasteiger partial charge in [-0.1, -0.05) is 84.7 Å². The molecule has 4 aromatic carbocycles. The molecule has 0 saturated carbocycles. The van der Waals surface area contributed by atoms with Crippen LogP contribution in [-0.2, 0) is 32.6 Å². The molecule has 1 N–H and O–H groups in total. The molecule has 45 heavy (non-hydrogen) atoms. The third-order valence-electron chi connectivity index (χ3n) is 7.18. The largest absolute Gasteiger partial charge is 0.497 e. The second-order valence-corrected chi connectivity index (χ2v) is 12.9. The number of carbonyl (C=O) groups is 2. The van der Waals surface area contributed by atoms with Crippen LogP contribution in [0.2, 0.25) is 10.0 Å². The lowest BCUT2D eigenvalue weighted by molar-refractivity contribution is -0.140. The average Bonchev–Trinajstić information content (AvgIpc) is 3.06. The minimum absolute atomic E-state index is 0.0258. The molecule has 0 bridgehead atoms. The number of sulfonamides is 1. The number of hydrogen-bond donors (Lipinski definition) is 1. The highest BCUT2D eigenvalue weighted by Gasteiger charge is 2.35. The first-order valence-electron chi connectivity index (χ1n) is 14.4. The molecule has 236 valence electrons. The molecular formula is C34H35Cl2N3O5S. The summed E-state index contributed by atoms with van der Waals surface area (Å²) < 4.78 is 34.4. The third kappa shape index (κ3) is 8.57. The van der Waals surface area contributed by atoms with Crippen molar-refractivity contribution in [1.29, 1.82) is 0 Å². The lowest BCUT2D eigenvalue weighted by Gasteiger charge is -2.34. The summed E-state index contributed by atoms with van der Waals surface area (Å²) in [6.45, 7) is 1.62. The van der Waals surface area contributed by atoms with E-state index in [1.54, 1.807) is 48.5 Å². The van der Waals surface area contributed by atoms with E-state index in [9.17, 15) is 18.0 Å². The summed E-state index contributed by atoms with van der Waals surface area (Å²) in [6.07, 6.45) is 0.872. The Hall–Kier alpha value is -4.05. The van der Waals surface area contributed by atoms with Gasteiger partial charge in [-0.05, 0) is 60.5 Å². The van der Waals surface area contributed by atoms with Crippen LogP contribution in [0.5, 0.6) is 5.75 Å². The number of carbonyl (C=O) groups excluding carboxylic acids is 2. The van der Waals surface area contributed by atoms with E-state index in [1.165, 1.54) is 36.3 Å². The molecule has 0 fully saturated rings. The molecule has 1 atom stereocenters. The molecule has 0 heterocycles. The average molecular weight is 669 g/mol. The minimum Gasteiger partial charge on any atom is -0.497 e. The lowest BCUT2D eigenvalue weighted by atomic mass is 10.0. The number of methoxy groups -OCH3 is 1. The Morgan fingerprint density at radius 1 is 0.844 bits per heavy atom. The van der Waals surface area contributed by atoms with E-state index in [2.05, 4.69) is 5.32 Å². The molecule has 0 spiro atoms. The Morgan fingerprint density at radius 2 is 1.44 bits per heavy atom. The van der Waals surface area contributed by atoms with Gasteiger partial charge in [-0.3, -0.25) is 13.9 Å².